The summed E-state index contributed by atoms with van der Waals surface area (Å²) >= 11 is 0. The summed E-state index contributed by atoms with van der Waals surface area (Å²) in [5.74, 6) is 3.58. The first-order valence-electron chi connectivity index (χ1n) is 15.7. The Kier molecular flexibility index (Phi) is 14.6. The van der Waals surface area contributed by atoms with Crippen LogP contribution in [0.25, 0.3) is 0 Å². The lowest BCUT2D eigenvalue weighted by Crippen LogP contribution is -2.57. The van der Waals surface area contributed by atoms with Crippen molar-refractivity contribution in [3.8, 4) is 0 Å². The van der Waals surface area contributed by atoms with E-state index in [1.54, 1.807) is 0 Å². The highest BCUT2D eigenvalue weighted by atomic mass is 28.5. The van der Waals surface area contributed by atoms with Crippen molar-refractivity contribution < 1.29 is 25.6 Å². The van der Waals surface area contributed by atoms with Gasteiger partial charge in [-0.2, -0.15) is 0 Å². The summed E-state index contributed by atoms with van der Waals surface area (Å²) in [6, 6.07) is 6.27. The Labute approximate surface area is 263 Å². The second-order valence-electron chi connectivity index (χ2n) is 13.3. The molecular formula is C28H54O6Si7. The first-order chi connectivity index (χ1) is 19.4. The van der Waals surface area contributed by atoms with Crippen LogP contribution in [0.4, 0.5) is 0 Å². The van der Waals surface area contributed by atoms with Gasteiger partial charge in [-0.05, 0) is 139 Å². The van der Waals surface area contributed by atoms with Gasteiger partial charge in [-0.25, -0.2) is 0 Å². The molecule has 0 N–H and O–H groups in total. The van der Waals surface area contributed by atoms with E-state index in [9.17, 15) is 0 Å². The van der Waals surface area contributed by atoms with Crippen molar-refractivity contribution in [2.24, 2.45) is 0 Å². The normalized spacial score (nSPS) is 19.5. The monoisotopic (exact) mass is 682 g/mol. The minimum Gasteiger partial charge on any atom is -0.544 e. The van der Waals surface area contributed by atoms with Gasteiger partial charge >= 0.3 is 46.4 Å². The lowest BCUT2D eigenvalue weighted by atomic mass is 10.4. The van der Waals surface area contributed by atoms with E-state index in [-0.39, 0.29) is 0 Å². The number of allylic oxidation sites excluding steroid dienone is 6. The average molecular weight is 683 g/mol. The SMILES string of the molecule is C[Si](C)(CC[Si]OC1=CCCC1)O[Si](C)(C)O[Si](C)(CC[Si]OC1=CCCC1)O[Si](C)(C)CC[Si]OC1=CCCC1. The van der Waals surface area contributed by atoms with Crippen molar-refractivity contribution in [1.29, 1.82) is 0 Å². The minimum atomic E-state index is -2.49. The highest BCUT2D eigenvalue weighted by molar-refractivity contribution is 6.90. The molecule has 0 aromatic rings. The van der Waals surface area contributed by atoms with Crippen LogP contribution in [-0.4, -0.2) is 63.0 Å². The summed E-state index contributed by atoms with van der Waals surface area (Å²) in [7, 11) is -7.22. The molecule has 0 aromatic carbocycles. The van der Waals surface area contributed by atoms with Crippen molar-refractivity contribution >= 4 is 63.0 Å². The standard InChI is InChI=1S/C28H54O6Si7/c1-38(2,23-20-35-29-26-14-8-9-15-26)32-40(5,6)34-41(7,25-22-37-31-28-18-12-13-19-28)33-39(3,4)24-21-36-30-27-16-10-11-17-27/h14,16,18H,8-13,15,17,19-25H2,1-7H3. The van der Waals surface area contributed by atoms with E-state index in [2.05, 4.69) is 64.1 Å². The highest BCUT2D eigenvalue weighted by Crippen LogP contribution is 2.31. The molecule has 6 nitrogen and oxygen atoms in total. The van der Waals surface area contributed by atoms with Crippen LogP contribution in [-0.2, 0) is 25.6 Å². The van der Waals surface area contributed by atoms with Crippen molar-refractivity contribution in [3.63, 3.8) is 0 Å². The van der Waals surface area contributed by atoms with Crippen molar-refractivity contribution in [2.45, 2.75) is 140 Å². The second kappa shape index (κ2) is 16.9. The molecule has 0 bridgehead atoms. The van der Waals surface area contributed by atoms with Crippen LogP contribution in [0.1, 0.15) is 57.8 Å². The third-order valence-corrected chi connectivity index (χ3v) is 27.4. The van der Waals surface area contributed by atoms with E-state index in [1.807, 2.05) is 0 Å². The Bertz CT molecular complexity index is 908. The molecule has 41 heavy (non-hydrogen) atoms. The number of hydrogen-bond acceptors (Lipinski definition) is 6. The van der Waals surface area contributed by atoms with E-state index < -0.39 is 33.8 Å². The van der Waals surface area contributed by atoms with Crippen LogP contribution in [0, 0.1) is 0 Å². The Morgan fingerprint density at radius 3 is 1.32 bits per heavy atom. The van der Waals surface area contributed by atoms with Gasteiger partial charge in [0.05, 0.1) is 17.3 Å². The summed E-state index contributed by atoms with van der Waals surface area (Å²) in [6.45, 7) is 16.2. The van der Waals surface area contributed by atoms with E-state index >= 15 is 0 Å². The van der Waals surface area contributed by atoms with Gasteiger partial charge in [0.15, 0.2) is 16.6 Å². The predicted molar refractivity (Wildman–Crippen MR) is 182 cm³/mol. The molecular weight excluding hydrogens is 629 g/mol. The van der Waals surface area contributed by atoms with E-state index in [0.717, 1.165) is 61.9 Å². The molecule has 0 aromatic heterocycles. The highest BCUT2D eigenvalue weighted by Gasteiger charge is 2.46. The molecule has 1 unspecified atom stereocenters. The summed E-state index contributed by atoms with van der Waals surface area (Å²) in [6.07, 6.45) is 17.3. The third kappa shape index (κ3) is 14.6. The lowest BCUT2D eigenvalue weighted by Gasteiger charge is -2.42. The second-order valence-corrected chi connectivity index (χ2v) is 32.3. The van der Waals surface area contributed by atoms with Gasteiger partial charge in [0, 0.05) is 19.3 Å². The molecule has 0 fully saturated rings. The zero-order valence-electron chi connectivity index (χ0n) is 26.8. The van der Waals surface area contributed by atoms with Gasteiger partial charge < -0.3 is 25.6 Å². The molecule has 13 heteroatoms. The molecule has 0 saturated heterocycles. The quantitative estimate of drug-likeness (QED) is 0.0893. The topological polar surface area (TPSA) is 55.4 Å². The minimum absolute atomic E-state index is 0.470. The maximum Gasteiger partial charge on any atom is 0.315 e. The first kappa shape index (κ1) is 35.5. The van der Waals surface area contributed by atoms with Gasteiger partial charge in [0.25, 0.3) is 0 Å². The molecule has 3 aliphatic carbocycles. The van der Waals surface area contributed by atoms with Crippen LogP contribution in [0.3, 0.4) is 0 Å². The van der Waals surface area contributed by atoms with Crippen molar-refractivity contribution in [1.82, 2.24) is 0 Å². The van der Waals surface area contributed by atoms with Gasteiger partial charge in [-0.1, -0.05) is 0 Å². The number of hydrogen-bond donors (Lipinski definition) is 0. The smallest absolute Gasteiger partial charge is 0.315 e. The van der Waals surface area contributed by atoms with Crippen LogP contribution in [0.15, 0.2) is 35.5 Å². The predicted octanol–water partition coefficient (Wildman–Crippen LogP) is 8.59. The van der Waals surface area contributed by atoms with Gasteiger partial charge in [0.1, 0.15) is 0 Å². The molecule has 0 heterocycles. The molecule has 0 aliphatic heterocycles. The summed E-state index contributed by atoms with van der Waals surface area (Å²) < 4.78 is 39.4. The van der Waals surface area contributed by atoms with Crippen LogP contribution >= 0.6 is 0 Å². The lowest BCUT2D eigenvalue weighted by molar-refractivity contribution is 0.321. The zero-order chi connectivity index (χ0) is 29.8. The van der Waals surface area contributed by atoms with Crippen LogP contribution in [0.2, 0.25) is 82.1 Å². The largest absolute Gasteiger partial charge is 0.544 e. The molecule has 1 atom stereocenters. The average Bonchev–Trinajstić information content (AvgIpc) is 3.65. The molecule has 6 radical (unpaired) electrons. The summed E-state index contributed by atoms with van der Waals surface area (Å²) in [4.78, 5) is 0. The maximum absolute atomic E-state index is 7.14. The van der Waals surface area contributed by atoms with Gasteiger partial charge in [-0.3, -0.25) is 0 Å². The molecule has 3 aliphatic rings. The molecule has 0 amide bonds. The summed E-state index contributed by atoms with van der Waals surface area (Å²) in [5, 5.41) is 0. The van der Waals surface area contributed by atoms with E-state index in [0.29, 0.717) is 29.3 Å². The Balaban J connectivity index is 1.53. The first-order valence-corrected chi connectivity index (χ1v) is 30.6. The molecule has 0 spiro atoms. The molecule has 230 valence electrons. The fourth-order valence-corrected chi connectivity index (χ4v) is 31.8. The van der Waals surface area contributed by atoms with E-state index in [1.165, 1.54) is 49.4 Å². The third-order valence-electron chi connectivity index (χ3n) is 7.42. The maximum atomic E-state index is 7.14. The van der Waals surface area contributed by atoms with Gasteiger partial charge in [-0.15, -0.1) is 0 Å². The van der Waals surface area contributed by atoms with Gasteiger partial charge in [0.2, 0.25) is 0 Å². The Morgan fingerprint density at radius 2 is 0.927 bits per heavy atom. The van der Waals surface area contributed by atoms with Crippen LogP contribution < -0.4 is 0 Å². The molecule has 0 saturated carbocycles. The fourth-order valence-electron chi connectivity index (χ4n) is 5.63. The fraction of sp³-hybridized carbons (Fsp3) is 0.786. The Morgan fingerprint density at radius 1 is 0.537 bits per heavy atom. The zero-order valence-corrected chi connectivity index (χ0v) is 33.8. The molecule has 3 rings (SSSR count). The van der Waals surface area contributed by atoms with E-state index in [4.69, 9.17) is 25.6 Å². The number of rotatable bonds is 21. The van der Waals surface area contributed by atoms with Crippen LogP contribution in [0.5, 0.6) is 0 Å². The summed E-state index contributed by atoms with van der Waals surface area (Å²) in [5.41, 5.74) is 0. The Hall–Kier alpha value is 0.0182. The van der Waals surface area contributed by atoms with Crippen molar-refractivity contribution in [2.75, 3.05) is 0 Å². The van der Waals surface area contributed by atoms with Crippen molar-refractivity contribution in [3.05, 3.63) is 35.5 Å².